The Hall–Kier alpha value is -1.18. The van der Waals surface area contributed by atoms with Crippen LogP contribution in [0.5, 0.6) is 0 Å². The number of nitrogens with zero attached hydrogens (tertiary/aromatic N) is 4. The van der Waals surface area contributed by atoms with E-state index in [1.165, 1.54) is 0 Å². The van der Waals surface area contributed by atoms with Gasteiger partial charge in [0.15, 0.2) is 5.82 Å². The van der Waals surface area contributed by atoms with Crippen molar-refractivity contribution in [3.8, 4) is 11.5 Å². The van der Waals surface area contributed by atoms with Gasteiger partial charge in [-0.15, -0.1) is 0 Å². The van der Waals surface area contributed by atoms with Crippen LogP contribution in [0, 0.1) is 3.57 Å². The minimum absolute atomic E-state index is 0.743. The first-order chi connectivity index (χ1) is 9.21. The number of hydrogen-bond acceptors (Lipinski definition) is 4. The molecular formula is C13H18IN5. The van der Waals surface area contributed by atoms with Gasteiger partial charge in [-0.2, -0.15) is 5.10 Å². The van der Waals surface area contributed by atoms with Gasteiger partial charge in [-0.05, 0) is 48.9 Å². The van der Waals surface area contributed by atoms with E-state index in [4.69, 9.17) is 0 Å². The average molecular weight is 371 g/mol. The summed E-state index contributed by atoms with van der Waals surface area (Å²) < 4.78 is 3.02. The molecule has 0 aliphatic carbocycles. The van der Waals surface area contributed by atoms with Gasteiger partial charge < -0.3 is 5.32 Å². The molecule has 0 aliphatic heterocycles. The topological polar surface area (TPSA) is 55.6 Å². The summed E-state index contributed by atoms with van der Waals surface area (Å²) in [7, 11) is 0. The van der Waals surface area contributed by atoms with Crippen LogP contribution in [0.1, 0.15) is 26.5 Å². The fraction of sp³-hybridized carbons (Fsp3) is 0.462. The van der Waals surface area contributed by atoms with Crippen molar-refractivity contribution in [1.29, 1.82) is 0 Å². The van der Waals surface area contributed by atoms with Gasteiger partial charge >= 0.3 is 0 Å². The highest BCUT2D eigenvalue weighted by Gasteiger charge is 2.14. The van der Waals surface area contributed by atoms with Crippen molar-refractivity contribution >= 4 is 28.4 Å². The molecule has 0 fully saturated rings. The van der Waals surface area contributed by atoms with Crippen LogP contribution in [-0.2, 0) is 13.0 Å². The second-order valence-corrected chi connectivity index (χ2v) is 5.15. The van der Waals surface area contributed by atoms with Gasteiger partial charge in [0, 0.05) is 19.3 Å². The lowest BCUT2D eigenvalue weighted by Gasteiger charge is -2.11. The third kappa shape index (κ3) is 2.88. The van der Waals surface area contributed by atoms with Gasteiger partial charge in [0.05, 0.1) is 9.26 Å². The molecule has 0 saturated carbocycles. The van der Waals surface area contributed by atoms with Crippen LogP contribution in [0.3, 0.4) is 0 Å². The maximum Gasteiger partial charge on any atom is 0.180 e. The summed E-state index contributed by atoms with van der Waals surface area (Å²) in [4.78, 5) is 9.30. The molecule has 5 nitrogen and oxygen atoms in total. The fourth-order valence-electron chi connectivity index (χ4n) is 1.90. The Bertz CT molecular complexity index is 564. The Morgan fingerprint density at radius 1 is 1.26 bits per heavy atom. The molecule has 6 heteroatoms. The third-order valence-corrected chi connectivity index (χ3v) is 3.98. The Balaban J connectivity index is 2.54. The Labute approximate surface area is 127 Å². The molecule has 2 aromatic heterocycles. The van der Waals surface area contributed by atoms with E-state index in [-0.39, 0.29) is 0 Å². The number of hydrogen-bond donors (Lipinski definition) is 1. The summed E-state index contributed by atoms with van der Waals surface area (Å²) in [6, 6.07) is 1.96. The van der Waals surface area contributed by atoms with Crippen molar-refractivity contribution < 1.29 is 0 Å². The van der Waals surface area contributed by atoms with Crippen molar-refractivity contribution in [2.45, 2.75) is 33.7 Å². The molecule has 0 saturated heterocycles. The Kier molecular flexibility index (Phi) is 4.73. The molecule has 2 rings (SSSR count). The van der Waals surface area contributed by atoms with Crippen molar-refractivity contribution in [1.82, 2.24) is 19.7 Å². The summed E-state index contributed by atoms with van der Waals surface area (Å²) >= 11 is 2.31. The van der Waals surface area contributed by atoms with Crippen LogP contribution in [0.4, 0.5) is 5.82 Å². The van der Waals surface area contributed by atoms with Crippen LogP contribution >= 0.6 is 22.6 Å². The van der Waals surface area contributed by atoms with Crippen molar-refractivity contribution in [2.24, 2.45) is 0 Å². The van der Waals surface area contributed by atoms with E-state index in [2.05, 4.69) is 63.7 Å². The first kappa shape index (κ1) is 14.2. The molecule has 0 bridgehead atoms. The van der Waals surface area contributed by atoms with Gasteiger partial charge in [-0.3, -0.25) is 4.68 Å². The fourth-order valence-corrected chi connectivity index (χ4v) is 2.71. The van der Waals surface area contributed by atoms with Crippen LogP contribution < -0.4 is 5.32 Å². The molecule has 0 radical (unpaired) electrons. The quantitative estimate of drug-likeness (QED) is 0.822. The standard InChI is InChI=1S/C13H18IN5/c1-4-9-11(14)13(15-5-2)18-12(17-9)10-7-8-16-19(10)6-3/h7-8H,4-6H2,1-3H3,(H,15,17,18). The monoisotopic (exact) mass is 371 g/mol. The first-order valence-electron chi connectivity index (χ1n) is 6.53. The van der Waals surface area contributed by atoms with E-state index in [1.54, 1.807) is 6.20 Å². The zero-order valence-corrected chi connectivity index (χ0v) is 13.6. The molecule has 0 unspecified atom stereocenters. The van der Waals surface area contributed by atoms with E-state index in [1.807, 2.05) is 10.7 Å². The van der Waals surface area contributed by atoms with Crippen LogP contribution in [0.2, 0.25) is 0 Å². The van der Waals surface area contributed by atoms with Gasteiger partial charge in [0.25, 0.3) is 0 Å². The number of aromatic nitrogens is 4. The van der Waals surface area contributed by atoms with Gasteiger partial charge in [-0.25, -0.2) is 9.97 Å². The molecule has 0 aliphatic rings. The van der Waals surface area contributed by atoms with Crippen molar-refractivity contribution in [3.63, 3.8) is 0 Å². The van der Waals surface area contributed by atoms with Gasteiger partial charge in [-0.1, -0.05) is 6.92 Å². The normalized spacial score (nSPS) is 10.7. The molecule has 0 amide bonds. The Morgan fingerprint density at radius 2 is 2.05 bits per heavy atom. The van der Waals surface area contributed by atoms with Crippen molar-refractivity contribution in [3.05, 3.63) is 21.5 Å². The maximum absolute atomic E-state index is 4.67. The number of nitrogens with one attached hydrogen (secondary N) is 1. The molecule has 0 atom stereocenters. The first-order valence-corrected chi connectivity index (χ1v) is 7.61. The summed E-state index contributed by atoms with van der Waals surface area (Å²) in [6.45, 7) is 7.91. The zero-order valence-electron chi connectivity index (χ0n) is 11.4. The van der Waals surface area contributed by atoms with E-state index in [0.717, 1.165) is 46.1 Å². The predicted molar refractivity (Wildman–Crippen MR) is 85.2 cm³/mol. The van der Waals surface area contributed by atoms with Crippen LogP contribution in [-0.4, -0.2) is 26.3 Å². The second-order valence-electron chi connectivity index (χ2n) is 4.07. The van der Waals surface area contributed by atoms with E-state index >= 15 is 0 Å². The highest BCUT2D eigenvalue weighted by molar-refractivity contribution is 14.1. The minimum atomic E-state index is 0.743. The highest BCUT2D eigenvalue weighted by atomic mass is 127. The average Bonchev–Trinajstić information content (AvgIpc) is 2.89. The summed E-state index contributed by atoms with van der Waals surface area (Å²) in [6.07, 6.45) is 2.69. The largest absolute Gasteiger partial charge is 0.369 e. The lowest BCUT2D eigenvalue weighted by molar-refractivity contribution is 0.663. The van der Waals surface area contributed by atoms with Gasteiger partial charge in [0.2, 0.25) is 0 Å². The number of rotatable bonds is 5. The summed E-state index contributed by atoms with van der Waals surface area (Å²) in [5, 5.41) is 7.58. The Morgan fingerprint density at radius 3 is 2.68 bits per heavy atom. The lowest BCUT2D eigenvalue weighted by Crippen LogP contribution is -2.09. The maximum atomic E-state index is 4.67. The lowest BCUT2D eigenvalue weighted by atomic mass is 10.3. The summed E-state index contributed by atoms with van der Waals surface area (Å²) in [5.41, 5.74) is 2.04. The molecule has 19 heavy (non-hydrogen) atoms. The molecule has 0 aromatic carbocycles. The van der Waals surface area contributed by atoms with E-state index in [0.29, 0.717) is 0 Å². The third-order valence-electron chi connectivity index (χ3n) is 2.84. The summed E-state index contributed by atoms with van der Waals surface area (Å²) in [5.74, 6) is 1.65. The zero-order chi connectivity index (χ0) is 13.8. The number of halogens is 1. The molecular weight excluding hydrogens is 353 g/mol. The molecule has 0 spiro atoms. The van der Waals surface area contributed by atoms with E-state index < -0.39 is 0 Å². The smallest absolute Gasteiger partial charge is 0.180 e. The molecule has 2 heterocycles. The number of anilines is 1. The minimum Gasteiger partial charge on any atom is -0.369 e. The number of aryl methyl sites for hydroxylation is 2. The van der Waals surface area contributed by atoms with Crippen LogP contribution in [0.25, 0.3) is 11.5 Å². The molecule has 2 aromatic rings. The second kappa shape index (κ2) is 6.31. The van der Waals surface area contributed by atoms with Crippen LogP contribution in [0.15, 0.2) is 12.3 Å². The van der Waals surface area contributed by atoms with E-state index in [9.17, 15) is 0 Å². The van der Waals surface area contributed by atoms with Gasteiger partial charge in [0.1, 0.15) is 11.5 Å². The van der Waals surface area contributed by atoms with Crippen molar-refractivity contribution in [2.75, 3.05) is 11.9 Å². The highest BCUT2D eigenvalue weighted by Crippen LogP contribution is 2.24. The predicted octanol–water partition coefficient (Wildman–Crippen LogP) is 2.96. The SMILES string of the molecule is CCNc1nc(-c2ccnn2CC)nc(CC)c1I. The molecule has 1 N–H and O–H groups in total. The molecule has 102 valence electrons.